The maximum atomic E-state index is 12.1. The molecule has 1 unspecified atom stereocenters. The third kappa shape index (κ3) is 1.98. The van der Waals surface area contributed by atoms with Crippen molar-refractivity contribution in [2.75, 3.05) is 0 Å². The summed E-state index contributed by atoms with van der Waals surface area (Å²) in [7, 11) is 0. The molecular weight excluding hydrogens is 282 g/mol. The maximum Gasteiger partial charge on any atom is 0.220 e. The predicted octanol–water partition coefficient (Wildman–Crippen LogP) is 4.61. The molecule has 1 aliphatic carbocycles. The van der Waals surface area contributed by atoms with Crippen molar-refractivity contribution in [3.63, 3.8) is 0 Å². The van der Waals surface area contributed by atoms with Gasteiger partial charge in [0.1, 0.15) is 0 Å². The van der Waals surface area contributed by atoms with Gasteiger partial charge in [-0.05, 0) is 52.1 Å². The van der Waals surface area contributed by atoms with Crippen LogP contribution < -0.4 is 5.32 Å². The van der Waals surface area contributed by atoms with Crippen molar-refractivity contribution in [3.8, 4) is 11.1 Å². The van der Waals surface area contributed by atoms with Crippen LogP contribution in [0.25, 0.3) is 21.9 Å². The lowest BCUT2D eigenvalue weighted by Crippen LogP contribution is -2.42. The molecule has 0 aliphatic heterocycles. The van der Waals surface area contributed by atoms with Crippen molar-refractivity contribution < 1.29 is 4.79 Å². The molecule has 2 heteroatoms. The lowest BCUT2D eigenvalue weighted by atomic mass is 9.88. The van der Waals surface area contributed by atoms with Crippen LogP contribution in [0.2, 0.25) is 0 Å². The second kappa shape index (κ2) is 4.95. The van der Waals surface area contributed by atoms with Crippen LogP contribution in [0.4, 0.5) is 0 Å². The molecule has 3 aromatic carbocycles. The Morgan fingerprint density at radius 1 is 0.913 bits per heavy atom. The van der Waals surface area contributed by atoms with Crippen LogP contribution in [0.1, 0.15) is 31.4 Å². The van der Waals surface area contributed by atoms with E-state index in [-0.39, 0.29) is 5.91 Å². The number of carbonyl (C=O) groups is 1. The maximum absolute atomic E-state index is 12.1. The fourth-order valence-corrected chi connectivity index (χ4v) is 3.68. The van der Waals surface area contributed by atoms with Gasteiger partial charge < -0.3 is 5.32 Å². The van der Waals surface area contributed by atoms with Crippen LogP contribution in [0.5, 0.6) is 0 Å². The van der Waals surface area contributed by atoms with E-state index in [0.717, 1.165) is 0 Å². The first-order valence-corrected chi connectivity index (χ1v) is 8.07. The van der Waals surface area contributed by atoms with Gasteiger partial charge in [0.25, 0.3) is 0 Å². The molecule has 0 radical (unpaired) electrons. The minimum Gasteiger partial charge on any atom is -0.343 e. The van der Waals surface area contributed by atoms with E-state index in [1.165, 1.54) is 33.0 Å². The normalized spacial score (nSPS) is 18.5. The van der Waals surface area contributed by atoms with E-state index in [1.807, 2.05) is 13.0 Å². The third-order valence-corrected chi connectivity index (χ3v) is 4.89. The highest BCUT2D eigenvalue weighted by Crippen LogP contribution is 2.48. The first kappa shape index (κ1) is 14.0. The Morgan fingerprint density at radius 2 is 1.57 bits per heavy atom. The first-order chi connectivity index (χ1) is 11.1. The predicted molar refractivity (Wildman–Crippen MR) is 94.3 cm³/mol. The van der Waals surface area contributed by atoms with Crippen LogP contribution in [-0.4, -0.2) is 5.91 Å². The van der Waals surface area contributed by atoms with E-state index in [4.69, 9.17) is 0 Å². The molecule has 0 saturated heterocycles. The van der Waals surface area contributed by atoms with Gasteiger partial charge in [-0.25, -0.2) is 0 Å². The summed E-state index contributed by atoms with van der Waals surface area (Å²) in [5.74, 6) is 0.0725. The van der Waals surface area contributed by atoms with Gasteiger partial charge >= 0.3 is 0 Å². The van der Waals surface area contributed by atoms with Crippen LogP contribution in [0, 0.1) is 0 Å². The van der Waals surface area contributed by atoms with Crippen molar-refractivity contribution >= 4 is 16.7 Å². The van der Waals surface area contributed by atoms with E-state index in [1.54, 1.807) is 0 Å². The molecule has 23 heavy (non-hydrogen) atoms. The number of hydrogen-bond donors (Lipinski definition) is 1. The van der Waals surface area contributed by atoms with Crippen LogP contribution in [-0.2, 0) is 10.3 Å². The quantitative estimate of drug-likeness (QED) is 0.736. The molecule has 1 aliphatic rings. The molecule has 114 valence electrons. The van der Waals surface area contributed by atoms with Crippen LogP contribution >= 0.6 is 0 Å². The van der Waals surface area contributed by atoms with Gasteiger partial charge in [0.05, 0.1) is 5.54 Å². The third-order valence-electron chi connectivity index (χ3n) is 4.89. The van der Waals surface area contributed by atoms with E-state index < -0.39 is 5.54 Å². The molecule has 1 atom stereocenters. The molecular formula is C21H19NO. The number of amides is 1. The zero-order valence-corrected chi connectivity index (χ0v) is 13.4. The molecule has 1 N–H and O–H groups in total. The average molecular weight is 301 g/mol. The molecule has 0 saturated carbocycles. The van der Waals surface area contributed by atoms with Gasteiger partial charge in [-0.1, -0.05) is 55.5 Å². The summed E-state index contributed by atoms with van der Waals surface area (Å²) in [6.45, 7) is 4.00. The number of nitrogens with one attached hydrogen (secondary N) is 1. The number of benzene rings is 3. The largest absolute Gasteiger partial charge is 0.343 e. The molecule has 0 bridgehead atoms. The van der Waals surface area contributed by atoms with E-state index in [0.29, 0.717) is 6.42 Å². The SMILES string of the molecule is CCC(=O)NC1(C)c2ccccc2-c2cc3ccccc3cc21. The molecule has 0 heterocycles. The Bertz CT molecular complexity index is 928. The zero-order chi connectivity index (χ0) is 16.0. The Labute approximate surface area is 136 Å². The van der Waals surface area contributed by atoms with Gasteiger partial charge in [-0.15, -0.1) is 0 Å². The van der Waals surface area contributed by atoms with Crippen molar-refractivity contribution in [1.82, 2.24) is 5.32 Å². The van der Waals surface area contributed by atoms with Gasteiger partial charge in [-0.3, -0.25) is 4.79 Å². The summed E-state index contributed by atoms with van der Waals surface area (Å²) in [6.07, 6.45) is 0.487. The number of rotatable bonds is 2. The fraction of sp³-hybridized carbons (Fsp3) is 0.190. The molecule has 0 aromatic heterocycles. The standard InChI is InChI=1S/C21H19NO/c1-3-20(23)22-21(2)18-11-7-6-10-16(18)17-12-14-8-4-5-9-15(14)13-19(17)21/h4-13H,3H2,1-2H3,(H,22,23). The molecule has 2 nitrogen and oxygen atoms in total. The number of hydrogen-bond acceptors (Lipinski definition) is 1. The van der Waals surface area contributed by atoms with Crippen LogP contribution in [0.15, 0.2) is 60.7 Å². The lowest BCUT2D eigenvalue weighted by Gasteiger charge is -2.29. The molecule has 3 aromatic rings. The summed E-state index contributed by atoms with van der Waals surface area (Å²) in [5.41, 5.74) is 4.32. The van der Waals surface area contributed by atoms with E-state index >= 15 is 0 Å². The fourth-order valence-electron chi connectivity index (χ4n) is 3.68. The van der Waals surface area contributed by atoms with Crippen molar-refractivity contribution in [1.29, 1.82) is 0 Å². The number of fused-ring (bicyclic) bond motifs is 4. The van der Waals surface area contributed by atoms with Gasteiger partial charge in [0.15, 0.2) is 0 Å². The van der Waals surface area contributed by atoms with Crippen LogP contribution in [0.3, 0.4) is 0 Å². The van der Waals surface area contributed by atoms with Gasteiger partial charge in [0, 0.05) is 6.42 Å². The highest BCUT2D eigenvalue weighted by Gasteiger charge is 2.40. The highest BCUT2D eigenvalue weighted by atomic mass is 16.1. The second-order valence-corrected chi connectivity index (χ2v) is 6.32. The second-order valence-electron chi connectivity index (χ2n) is 6.32. The summed E-state index contributed by atoms with van der Waals surface area (Å²) in [6, 6.07) is 21.2. The Hall–Kier alpha value is -2.61. The number of carbonyl (C=O) groups excluding carboxylic acids is 1. The highest BCUT2D eigenvalue weighted by molar-refractivity contribution is 5.94. The molecule has 4 rings (SSSR count). The topological polar surface area (TPSA) is 29.1 Å². The minimum atomic E-state index is -0.469. The van der Waals surface area contributed by atoms with Crippen molar-refractivity contribution in [2.24, 2.45) is 0 Å². The van der Waals surface area contributed by atoms with Gasteiger partial charge in [-0.2, -0.15) is 0 Å². The van der Waals surface area contributed by atoms with Gasteiger partial charge in [0.2, 0.25) is 5.91 Å². The van der Waals surface area contributed by atoms with Crippen molar-refractivity contribution in [2.45, 2.75) is 25.8 Å². The summed E-state index contributed by atoms with van der Waals surface area (Å²) < 4.78 is 0. The summed E-state index contributed by atoms with van der Waals surface area (Å²) in [5, 5.41) is 5.68. The zero-order valence-electron chi connectivity index (χ0n) is 13.4. The van der Waals surface area contributed by atoms with E-state index in [2.05, 4.69) is 66.8 Å². The Kier molecular flexibility index (Phi) is 3.02. The first-order valence-electron chi connectivity index (χ1n) is 8.07. The van der Waals surface area contributed by atoms with Crippen molar-refractivity contribution in [3.05, 3.63) is 71.8 Å². The lowest BCUT2D eigenvalue weighted by molar-refractivity contribution is -0.122. The monoisotopic (exact) mass is 301 g/mol. The summed E-state index contributed by atoms with van der Waals surface area (Å²) in [4.78, 5) is 12.1. The Morgan fingerprint density at radius 3 is 2.30 bits per heavy atom. The Balaban J connectivity index is 2.02. The minimum absolute atomic E-state index is 0.0725. The average Bonchev–Trinajstić information content (AvgIpc) is 2.82. The molecule has 1 amide bonds. The van der Waals surface area contributed by atoms with E-state index in [9.17, 15) is 4.79 Å². The summed E-state index contributed by atoms with van der Waals surface area (Å²) >= 11 is 0. The molecule has 0 fully saturated rings. The molecule has 0 spiro atoms. The smallest absolute Gasteiger partial charge is 0.220 e.